The molecule has 1 aliphatic heterocycles. The zero-order valence-corrected chi connectivity index (χ0v) is 13.4. The number of hydrogen-bond acceptors (Lipinski definition) is 2. The minimum absolute atomic E-state index is 0.210. The van der Waals surface area contributed by atoms with Gasteiger partial charge < -0.3 is 4.90 Å². The Bertz CT molecular complexity index is 498. The molecule has 1 aliphatic carbocycles. The minimum Gasteiger partial charge on any atom is -0.340 e. The first-order valence-corrected chi connectivity index (χ1v) is 8.05. The summed E-state index contributed by atoms with van der Waals surface area (Å²) in [5.41, 5.74) is 1.53. The molecule has 0 unspecified atom stereocenters. The maximum absolute atomic E-state index is 12.6. The van der Waals surface area contributed by atoms with E-state index in [0.29, 0.717) is 11.8 Å². The van der Waals surface area contributed by atoms with E-state index in [4.69, 9.17) is 0 Å². The largest absolute Gasteiger partial charge is 0.340 e. The van der Waals surface area contributed by atoms with Crippen molar-refractivity contribution in [1.82, 2.24) is 9.80 Å². The molecule has 2 atom stereocenters. The number of amides is 1. The van der Waals surface area contributed by atoms with Crippen LogP contribution in [0.3, 0.4) is 0 Å². The highest BCUT2D eigenvalue weighted by molar-refractivity contribution is 5.83. The van der Waals surface area contributed by atoms with Crippen molar-refractivity contribution in [3.8, 4) is 0 Å². The van der Waals surface area contributed by atoms with Crippen LogP contribution in [0.5, 0.6) is 0 Å². The van der Waals surface area contributed by atoms with E-state index < -0.39 is 0 Å². The smallest absolute Gasteiger partial charge is 0.226 e. The third-order valence-corrected chi connectivity index (χ3v) is 4.88. The molecule has 3 rings (SSSR count). The Morgan fingerprint density at radius 3 is 2.24 bits per heavy atom. The van der Waals surface area contributed by atoms with Crippen molar-refractivity contribution in [2.45, 2.75) is 38.6 Å². The summed E-state index contributed by atoms with van der Waals surface area (Å²) in [6, 6.07) is 10.5. The van der Waals surface area contributed by atoms with Crippen molar-refractivity contribution in [2.75, 3.05) is 26.2 Å². The van der Waals surface area contributed by atoms with E-state index in [1.807, 2.05) is 6.07 Å². The average molecular weight is 286 g/mol. The molecular formula is C18H26N2O. The molecule has 1 heterocycles. The molecule has 3 heteroatoms. The van der Waals surface area contributed by atoms with Crippen molar-refractivity contribution < 1.29 is 4.79 Å². The second-order valence-corrected chi connectivity index (χ2v) is 7.34. The first kappa shape index (κ1) is 14.6. The monoisotopic (exact) mass is 286 g/mol. The number of carbonyl (C=O) groups is 1. The summed E-state index contributed by atoms with van der Waals surface area (Å²) in [7, 11) is 0. The maximum atomic E-state index is 12.6. The number of piperazine rings is 1. The van der Waals surface area contributed by atoms with Crippen LogP contribution in [0.1, 0.15) is 38.7 Å². The highest BCUT2D eigenvalue weighted by Gasteiger charge is 2.46. The average Bonchev–Trinajstić information content (AvgIpc) is 3.27. The molecule has 0 radical (unpaired) electrons. The van der Waals surface area contributed by atoms with Gasteiger partial charge in [-0.2, -0.15) is 0 Å². The zero-order valence-electron chi connectivity index (χ0n) is 13.4. The van der Waals surface area contributed by atoms with Crippen molar-refractivity contribution >= 4 is 5.91 Å². The van der Waals surface area contributed by atoms with Gasteiger partial charge in [0.25, 0.3) is 0 Å². The van der Waals surface area contributed by atoms with Crippen LogP contribution in [-0.2, 0) is 4.79 Å². The quantitative estimate of drug-likeness (QED) is 0.834. The lowest BCUT2D eigenvalue weighted by molar-refractivity contribution is -0.135. The van der Waals surface area contributed by atoms with Crippen LogP contribution >= 0.6 is 0 Å². The molecule has 1 saturated carbocycles. The fraction of sp³-hybridized carbons (Fsp3) is 0.611. The third-order valence-electron chi connectivity index (χ3n) is 4.88. The predicted octanol–water partition coefficient (Wildman–Crippen LogP) is 2.73. The molecule has 1 aromatic carbocycles. The van der Waals surface area contributed by atoms with E-state index in [-0.39, 0.29) is 11.5 Å². The van der Waals surface area contributed by atoms with Gasteiger partial charge in [0.15, 0.2) is 0 Å². The normalized spacial score (nSPS) is 26.7. The number of hydrogen-bond donors (Lipinski definition) is 0. The molecule has 3 nitrogen and oxygen atoms in total. The van der Waals surface area contributed by atoms with Gasteiger partial charge in [-0.3, -0.25) is 9.69 Å². The number of benzene rings is 1. The van der Waals surface area contributed by atoms with E-state index in [2.05, 4.69) is 54.8 Å². The fourth-order valence-corrected chi connectivity index (χ4v) is 3.37. The Morgan fingerprint density at radius 1 is 1.05 bits per heavy atom. The summed E-state index contributed by atoms with van der Waals surface area (Å²) in [4.78, 5) is 17.2. The highest BCUT2D eigenvalue weighted by atomic mass is 16.2. The Kier molecular flexibility index (Phi) is 3.78. The predicted molar refractivity (Wildman–Crippen MR) is 85.2 cm³/mol. The summed E-state index contributed by atoms with van der Waals surface area (Å²) in [5, 5.41) is 0. The summed E-state index contributed by atoms with van der Waals surface area (Å²) >= 11 is 0. The summed E-state index contributed by atoms with van der Waals surface area (Å²) in [5.74, 6) is 1.06. The minimum atomic E-state index is 0.210. The summed E-state index contributed by atoms with van der Waals surface area (Å²) in [6.07, 6.45) is 1.03. The van der Waals surface area contributed by atoms with E-state index >= 15 is 0 Å². The molecule has 1 aromatic rings. The number of rotatable bonds is 2. The van der Waals surface area contributed by atoms with E-state index in [1.165, 1.54) is 5.56 Å². The van der Waals surface area contributed by atoms with Crippen LogP contribution in [0.4, 0.5) is 0 Å². The van der Waals surface area contributed by atoms with E-state index in [1.54, 1.807) is 0 Å². The molecule has 2 fully saturated rings. The molecule has 114 valence electrons. The van der Waals surface area contributed by atoms with Crippen molar-refractivity contribution in [3.05, 3.63) is 35.9 Å². The van der Waals surface area contributed by atoms with E-state index in [9.17, 15) is 4.79 Å². The maximum Gasteiger partial charge on any atom is 0.226 e. The summed E-state index contributed by atoms with van der Waals surface area (Å²) in [6.45, 7) is 10.5. The van der Waals surface area contributed by atoms with Gasteiger partial charge in [0.1, 0.15) is 0 Å². The SMILES string of the molecule is CC(C)(C)N1CCN(C(=O)[C@@H]2C[C@H]2c2ccccc2)CC1. The molecule has 0 aromatic heterocycles. The van der Waals surface area contributed by atoms with Crippen molar-refractivity contribution in [3.63, 3.8) is 0 Å². The Balaban J connectivity index is 1.54. The molecule has 2 aliphatic rings. The molecule has 0 spiro atoms. The van der Waals surface area contributed by atoms with E-state index in [0.717, 1.165) is 32.6 Å². The zero-order chi connectivity index (χ0) is 15.0. The van der Waals surface area contributed by atoms with Crippen molar-refractivity contribution in [2.24, 2.45) is 5.92 Å². The Labute approximate surface area is 127 Å². The van der Waals surface area contributed by atoms with Crippen LogP contribution in [0, 0.1) is 5.92 Å². The molecule has 0 N–H and O–H groups in total. The van der Waals surface area contributed by atoms with Crippen LogP contribution in [0.2, 0.25) is 0 Å². The van der Waals surface area contributed by atoms with Gasteiger partial charge in [-0.1, -0.05) is 30.3 Å². The van der Waals surface area contributed by atoms with Gasteiger partial charge in [0.2, 0.25) is 5.91 Å². The number of nitrogens with zero attached hydrogens (tertiary/aromatic N) is 2. The van der Waals surface area contributed by atoms with Crippen LogP contribution in [0.15, 0.2) is 30.3 Å². The van der Waals surface area contributed by atoms with Gasteiger partial charge in [-0.15, -0.1) is 0 Å². The van der Waals surface area contributed by atoms with Gasteiger partial charge in [-0.05, 0) is 38.7 Å². The molecule has 1 saturated heterocycles. The molecular weight excluding hydrogens is 260 g/mol. The van der Waals surface area contributed by atoms with Gasteiger partial charge >= 0.3 is 0 Å². The topological polar surface area (TPSA) is 23.6 Å². The first-order valence-electron chi connectivity index (χ1n) is 8.05. The highest BCUT2D eigenvalue weighted by Crippen LogP contribution is 2.48. The van der Waals surface area contributed by atoms with Crippen LogP contribution < -0.4 is 0 Å². The van der Waals surface area contributed by atoms with Gasteiger partial charge in [-0.25, -0.2) is 0 Å². The molecule has 21 heavy (non-hydrogen) atoms. The second kappa shape index (κ2) is 5.45. The number of carbonyl (C=O) groups excluding carboxylic acids is 1. The lowest BCUT2D eigenvalue weighted by Crippen LogP contribution is -2.55. The Hall–Kier alpha value is -1.35. The van der Waals surface area contributed by atoms with Crippen LogP contribution in [-0.4, -0.2) is 47.4 Å². The van der Waals surface area contributed by atoms with Crippen molar-refractivity contribution in [1.29, 1.82) is 0 Å². The first-order chi connectivity index (χ1) is 9.97. The Morgan fingerprint density at radius 2 is 1.67 bits per heavy atom. The standard InChI is InChI=1S/C18H26N2O/c1-18(2,3)20-11-9-19(10-12-20)17(21)16-13-15(16)14-7-5-4-6-8-14/h4-8,15-16H,9-13H2,1-3H3/t15-,16+/m0/s1. The third kappa shape index (κ3) is 3.13. The lowest BCUT2D eigenvalue weighted by Gasteiger charge is -2.42. The lowest BCUT2D eigenvalue weighted by atomic mass is 10.0. The fourth-order valence-electron chi connectivity index (χ4n) is 3.37. The molecule has 1 amide bonds. The second-order valence-electron chi connectivity index (χ2n) is 7.34. The summed E-state index contributed by atoms with van der Waals surface area (Å²) < 4.78 is 0. The van der Waals surface area contributed by atoms with Crippen LogP contribution in [0.25, 0.3) is 0 Å². The van der Waals surface area contributed by atoms with Gasteiger partial charge in [0, 0.05) is 37.6 Å². The van der Waals surface area contributed by atoms with Gasteiger partial charge in [0.05, 0.1) is 0 Å². The molecule has 0 bridgehead atoms.